The van der Waals surface area contributed by atoms with Crippen molar-refractivity contribution in [3.05, 3.63) is 131 Å². The average Bonchev–Trinajstić information content (AvgIpc) is 3.44. The smallest absolute Gasteiger partial charge is 0.240 e. The van der Waals surface area contributed by atoms with Gasteiger partial charge in [0, 0.05) is 11.7 Å². The minimum atomic E-state index is -0.804. The summed E-state index contributed by atoms with van der Waals surface area (Å²) in [7, 11) is 1.64. The van der Waals surface area contributed by atoms with Gasteiger partial charge in [-0.2, -0.15) is 0 Å². The predicted octanol–water partition coefficient (Wildman–Crippen LogP) is 6.09. The minimum absolute atomic E-state index is 0.0146. The molecule has 1 amide bonds. The van der Waals surface area contributed by atoms with E-state index in [9.17, 15) is 9.18 Å². The van der Waals surface area contributed by atoms with Gasteiger partial charge in [-0.3, -0.25) is 4.79 Å². The number of hydrogen-bond donors (Lipinski definition) is 1. The van der Waals surface area contributed by atoms with Crippen LogP contribution in [0.2, 0.25) is 0 Å². The molecule has 0 bridgehead atoms. The van der Waals surface area contributed by atoms with E-state index >= 15 is 0 Å². The van der Waals surface area contributed by atoms with Gasteiger partial charge in [-0.1, -0.05) is 72.8 Å². The van der Waals surface area contributed by atoms with Crippen LogP contribution in [-0.4, -0.2) is 13.0 Å². The summed E-state index contributed by atoms with van der Waals surface area (Å²) in [6.07, 6.45) is 0.619. The lowest BCUT2D eigenvalue weighted by Crippen LogP contribution is -2.43. The van der Waals surface area contributed by atoms with Crippen molar-refractivity contribution in [2.24, 2.45) is 0 Å². The summed E-state index contributed by atoms with van der Waals surface area (Å²) < 4.78 is 19.2. The van der Waals surface area contributed by atoms with Crippen LogP contribution in [0, 0.1) is 5.82 Å². The highest BCUT2D eigenvalue weighted by Crippen LogP contribution is 2.57. The number of anilines is 1. The van der Waals surface area contributed by atoms with Crippen molar-refractivity contribution in [3.8, 4) is 5.75 Å². The Morgan fingerprint density at radius 2 is 1.58 bits per heavy atom. The fourth-order valence-electron chi connectivity index (χ4n) is 5.88. The number of carbonyl (C=O) groups is 1. The SMILES string of the molecule is COc1ccc(CN2C(=O)C3(CC(c4ccccc4)NC3c3ccc(F)cc3)c3ccccc32)cc1. The summed E-state index contributed by atoms with van der Waals surface area (Å²) in [5, 5.41) is 3.76. The highest BCUT2D eigenvalue weighted by Gasteiger charge is 2.60. The number of hydrogen-bond acceptors (Lipinski definition) is 3. The van der Waals surface area contributed by atoms with E-state index < -0.39 is 5.41 Å². The molecule has 1 N–H and O–H groups in total. The molecule has 6 rings (SSSR count). The molecule has 0 aromatic heterocycles. The number of methoxy groups -OCH3 is 1. The monoisotopic (exact) mass is 478 g/mol. The minimum Gasteiger partial charge on any atom is -0.497 e. The molecule has 1 spiro atoms. The number of carbonyl (C=O) groups excluding carboxylic acids is 1. The zero-order valence-electron chi connectivity index (χ0n) is 20.0. The maximum absolute atomic E-state index is 14.5. The summed E-state index contributed by atoms with van der Waals surface area (Å²) in [5.74, 6) is 0.565. The molecule has 4 aromatic carbocycles. The lowest BCUT2D eigenvalue weighted by molar-refractivity contribution is -0.123. The van der Waals surface area contributed by atoms with E-state index in [-0.39, 0.29) is 23.8 Å². The van der Waals surface area contributed by atoms with Crippen molar-refractivity contribution in [2.75, 3.05) is 12.0 Å². The standard InChI is InChI=1S/C31H27FN2O2/c1-36-25-17-11-21(12-18-25)20-34-28-10-6-5-9-26(28)31(30(34)35)19-27(22-7-3-2-4-8-22)33-29(31)23-13-15-24(32)16-14-23/h2-18,27,29,33H,19-20H2,1H3. The second-order valence-electron chi connectivity index (χ2n) is 9.55. The Morgan fingerprint density at radius 3 is 2.31 bits per heavy atom. The Morgan fingerprint density at radius 1 is 0.889 bits per heavy atom. The Kier molecular flexibility index (Phi) is 5.57. The summed E-state index contributed by atoms with van der Waals surface area (Å²) in [4.78, 5) is 16.4. The van der Waals surface area contributed by atoms with Gasteiger partial charge in [0.25, 0.3) is 0 Å². The number of amides is 1. The first-order valence-corrected chi connectivity index (χ1v) is 12.2. The number of nitrogens with one attached hydrogen (secondary N) is 1. The van der Waals surface area contributed by atoms with E-state index in [4.69, 9.17) is 4.74 Å². The third kappa shape index (κ3) is 3.59. The van der Waals surface area contributed by atoms with Crippen LogP contribution in [-0.2, 0) is 16.8 Å². The maximum atomic E-state index is 14.5. The summed E-state index contributed by atoms with van der Waals surface area (Å²) in [5.41, 5.74) is 4.22. The molecule has 36 heavy (non-hydrogen) atoms. The fourth-order valence-corrected chi connectivity index (χ4v) is 5.88. The second kappa shape index (κ2) is 8.92. The highest BCUT2D eigenvalue weighted by atomic mass is 19.1. The molecular formula is C31H27FN2O2. The average molecular weight is 479 g/mol. The van der Waals surface area contributed by atoms with E-state index in [1.54, 1.807) is 19.2 Å². The van der Waals surface area contributed by atoms with Gasteiger partial charge >= 0.3 is 0 Å². The van der Waals surface area contributed by atoms with Gasteiger partial charge in [0.15, 0.2) is 0 Å². The molecule has 2 aliphatic heterocycles. The van der Waals surface area contributed by atoms with Gasteiger partial charge in [0.1, 0.15) is 11.6 Å². The number of ether oxygens (including phenoxy) is 1. The molecule has 1 fully saturated rings. The van der Waals surface area contributed by atoms with E-state index in [1.165, 1.54) is 12.1 Å². The topological polar surface area (TPSA) is 41.6 Å². The normalized spacial score (nSPS) is 22.7. The van der Waals surface area contributed by atoms with E-state index in [2.05, 4.69) is 23.5 Å². The molecule has 1 saturated heterocycles. The molecule has 180 valence electrons. The van der Waals surface area contributed by atoms with Crippen molar-refractivity contribution in [1.82, 2.24) is 5.32 Å². The number of para-hydroxylation sites is 1. The third-order valence-corrected chi connectivity index (χ3v) is 7.59. The van der Waals surface area contributed by atoms with E-state index in [0.717, 1.165) is 33.7 Å². The molecule has 0 saturated carbocycles. The van der Waals surface area contributed by atoms with Gasteiger partial charge in [-0.05, 0) is 59.0 Å². The largest absolute Gasteiger partial charge is 0.497 e. The van der Waals surface area contributed by atoms with Crippen molar-refractivity contribution in [1.29, 1.82) is 0 Å². The van der Waals surface area contributed by atoms with Crippen LogP contribution in [0.5, 0.6) is 5.75 Å². The molecule has 2 aliphatic rings. The Labute approximate surface area is 210 Å². The van der Waals surface area contributed by atoms with E-state index in [0.29, 0.717) is 13.0 Å². The molecule has 4 nitrogen and oxygen atoms in total. The number of nitrogens with zero attached hydrogens (tertiary/aromatic N) is 1. The number of benzene rings is 4. The summed E-state index contributed by atoms with van der Waals surface area (Å²) in [6.45, 7) is 0.466. The number of halogens is 1. The van der Waals surface area contributed by atoms with Crippen molar-refractivity contribution < 1.29 is 13.9 Å². The fraction of sp³-hybridized carbons (Fsp3) is 0.194. The maximum Gasteiger partial charge on any atom is 0.240 e. The molecule has 0 radical (unpaired) electrons. The quantitative estimate of drug-likeness (QED) is 0.377. The van der Waals surface area contributed by atoms with Gasteiger partial charge < -0.3 is 15.0 Å². The second-order valence-corrected chi connectivity index (χ2v) is 9.55. The molecular weight excluding hydrogens is 451 g/mol. The van der Waals surface area contributed by atoms with Crippen LogP contribution >= 0.6 is 0 Å². The molecule has 2 heterocycles. The molecule has 4 aromatic rings. The Hall–Kier alpha value is -3.96. The van der Waals surface area contributed by atoms with Crippen molar-refractivity contribution in [3.63, 3.8) is 0 Å². The molecule has 3 atom stereocenters. The van der Waals surface area contributed by atoms with Gasteiger partial charge in [0.05, 0.1) is 25.1 Å². The number of fused-ring (bicyclic) bond motifs is 2. The van der Waals surface area contributed by atoms with Crippen LogP contribution in [0.3, 0.4) is 0 Å². The summed E-state index contributed by atoms with van der Waals surface area (Å²) >= 11 is 0. The van der Waals surface area contributed by atoms with Crippen LogP contribution in [0.25, 0.3) is 0 Å². The van der Waals surface area contributed by atoms with Crippen LogP contribution in [0.1, 0.15) is 40.8 Å². The van der Waals surface area contributed by atoms with Crippen LogP contribution in [0.15, 0.2) is 103 Å². The molecule has 3 unspecified atom stereocenters. The lowest BCUT2D eigenvalue weighted by Gasteiger charge is -2.30. The Bertz CT molecular complexity index is 1390. The van der Waals surface area contributed by atoms with Gasteiger partial charge in [0.2, 0.25) is 5.91 Å². The van der Waals surface area contributed by atoms with E-state index in [1.807, 2.05) is 65.6 Å². The first kappa shape index (κ1) is 22.5. The zero-order valence-corrected chi connectivity index (χ0v) is 20.0. The first-order chi connectivity index (χ1) is 17.6. The van der Waals surface area contributed by atoms with Gasteiger partial charge in [-0.15, -0.1) is 0 Å². The number of rotatable bonds is 5. The highest BCUT2D eigenvalue weighted by molar-refractivity contribution is 6.09. The van der Waals surface area contributed by atoms with Crippen LogP contribution in [0.4, 0.5) is 10.1 Å². The molecule has 0 aliphatic carbocycles. The lowest BCUT2D eigenvalue weighted by atomic mass is 9.72. The first-order valence-electron chi connectivity index (χ1n) is 12.2. The van der Waals surface area contributed by atoms with Crippen LogP contribution < -0.4 is 15.0 Å². The molecule has 5 heteroatoms. The van der Waals surface area contributed by atoms with Crippen molar-refractivity contribution in [2.45, 2.75) is 30.5 Å². The Balaban J connectivity index is 1.46. The van der Waals surface area contributed by atoms with Crippen molar-refractivity contribution >= 4 is 11.6 Å². The third-order valence-electron chi connectivity index (χ3n) is 7.59. The zero-order chi connectivity index (χ0) is 24.7. The summed E-state index contributed by atoms with van der Waals surface area (Å²) in [6, 6.07) is 32.4. The predicted molar refractivity (Wildman–Crippen MR) is 138 cm³/mol. The van der Waals surface area contributed by atoms with Gasteiger partial charge in [-0.25, -0.2) is 4.39 Å².